The van der Waals surface area contributed by atoms with E-state index in [0.717, 1.165) is 19.3 Å². The summed E-state index contributed by atoms with van der Waals surface area (Å²) in [6.07, 6.45) is 6.54. The summed E-state index contributed by atoms with van der Waals surface area (Å²) in [6.45, 7) is 6.70. The SMILES string of the molecule is CCC(C)(C)C1CCC(O)CC1n1cccnc1=O. The number of rotatable bonds is 3. The molecule has 4 nitrogen and oxygen atoms in total. The summed E-state index contributed by atoms with van der Waals surface area (Å²) in [7, 11) is 0. The second-order valence-electron chi connectivity index (χ2n) is 6.29. The Labute approximate surface area is 114 Å². The Balaban J connectivity index is 2.38. The van der Waals surface area contributed by atoms with E-state index in [-0.39, 0.29) is 23.3 Å². The van der Waals surface area contributed by atoms with E-state index in [9.17, 15) is 9.90 Å². The van der Waals surface area contributed by atoms with Gasteiger partial charge >= 0.3 is 5.69 Å². The van der Waals surface area contributed by atoms with Crippen LogP contribution in [0.1, 0.15) is 52.5 Å². The van der Waals surface area contributed by atoms with Crippen molar-refractivity contribution in [3.05, 3.63) is 28.9 Å². The van der Waals surface area contributed by atoms with Crippen LogP contribution in [-0.2, 0) is 0 Å². The zero-order valence-electron chi connectivity index (χ0n) is 12.0. The summed E-state index contributed by atoms with van der Waals surface area (Å²) in [5, 5.41) is 9.95. The van der Waals surface area contributed by atoms with Gasteiger partial charge < -0.3 is 5.11 Å². The van der Waals surface area contributed by atoms with Gasteiger partial charge in [-0.25, -0.2) is 9.78 Å². The summed E-state index contributed by atoms with van der Waals surface area (Å²) < 4.78 is 1.71. The summed E-state index contributed by atoms with van der Waals surface area (Å²) in [5.41, 5.74) is -0.0430. The standard InChI is InChI=1S/C15H24N2O2/c1-4-15(2,3)12-7-6-11(18)10-13(12)17-9-5-8-16-14(17)19/h5,8-9,11-13,18H,4,6-7,10H2,1-3H3. The first-order valence-electron chi connectivity index (χ1n) is 7.17. The Kier molecular flexibility index (Phi) is 4.09. The largest absolute Gasteiger partial charge is 0.393 e. The molecule has 0 radical (unpaired) electrons. The molecule has 0 amide bonds. The third-order valence-electron chi connectivity index (χ3n) is 4.80. The molecule has 1 aliphatic carbocycles. The predicted octanol–water partition coefficient (Wildman–Crippen LogP) is 2.38. The van der Waals surface area contributed by atoms with Gasteiger partial charge in [0.05, 0.1) is 6.10 Å². The van der Waals surface area contributed by atoms with E-state index in [1.807, 2.05) is 0 Å². The van der Waals surface area contributed by atoms with Crippen molar-refractivity contribution in [2.75, 3.05) is 0 Å². The van der Waals surface area contributed by atoms with E-state index < -0.39 is 0 Å². The first-order valence-corrected chi connectivity index (χ1v) is 7.17. The Morgan fingerprint density at radius 2 is 2.21 bits per heavy atom. The van der Waals surface area contributed by atoms with Crippen molar-refractivity contribution in [3.63, 3.8) is 0 Å². The van der Waals surface area contributed by atoms with Crippen LogP contribution in [0.5, 0.6) is 0 Å². The maximum atomic E-state index is 12.0. The zero-order chi connectivity index (χ0) is 14.0. The summed E-state index contributed by atoms with van der Waals surface area (Å²) >= 11 is 0. The number of aliphatic hydroxyl groups is 1. The molecular formula is C15H24N2O2. The molecule has 1 fully saturated rings. The molecule has 1 aliphatic rings. The molecule has 4 heteroatoms. The first kappa shape index (κ1) is 14.3. The van der Waals surface area contributed by atoms with Gasteiger partial charge in [0.15, 0.2) is 0 Å². The minimum Gasteiger partial charge on any atom is -0.393 e. The van der Waals surface area contributed by atoms with Gasteiger partial charge in [0.1, 0.15) is 0 Å². The van der Waals surface area contributed by atoms with Crippen LogP contribution in [0.3, 0.4) is 0 Å². The number of hydrogen-bond donors (Lipinski definition) is 1. The minimum atomic E-state index is -0.305. The van der Waals surface area contributed by atoms with Crippen LogP contribution in [0.25, 0.3) is 0 Å². The molecule has 0 aliphatic heterocycles. The predicted molar refractivity (Wildman–Crippen MR) is 75.0 cm³/mol. The Bertz CT molecular complexity index is 481. The molecule has 0 aromatic carbocycles. The molecule has 0 saturated heterocycles. The maximum absolute atomic E-state index is 12.0. The summed E-state index contributed by atoms with van der Waals surface area (Å²) in [6, 6.07) is 1.85. The lowest BCUT2D eigenvalue weighted by Crippen LogP contribution is -2.41. The average Bonchev–Trinajstić information content (AvgIpc) is 2.39. The third-order valence-corrected chi connectivity index (χ3v) is 4.80. The van der Waals surface area contributed by atoms with Crippen LogP contribution in [-0.4, -0.2) is 20.8 Å². The van der Waals surface area contributed by atoms with Gasteiger partial charge in [-0.15, -0.1) is 0 Å². The van der Waals surface area contributed by atoms with Gasteiger partial charge in [0, 0.05) is 18.4 Å². The minimum absolute atomic E-state index is 0.0555. The fraction of sp³-hybridized carbons (Fsp3) is 0.733. The van der Waals surface area contributed by atoms with E-state index in [4.69, 9.17) is 0 Å². The van der Waals surface area contributed by atoms with Crippen molar-refractivity contribution in [2.45, 2.75) is 58.6 Å². The number of aliphatic hydroxyl groups excluding tert-OH is 1. The Morgan fingerprint density at radius 1 is 1.47 bits per heavy atom. The van der Waals surface area contributed by atoms with Gasteiger partial charge in [-0.1, -0.05) is 27.2 Å². The molecular weight excluding hydrogens is 240 g/mol. The highest BCUT2D eigenvalue weighted by molar-refractivity contribution is 4.95. The molecule has 0 spiro atoms. The molecule has 1 aromatic rings. The molecule has 3 unspecified atom stereocenters. The number of aromatic nitrogens is 2. The topological polar surface area (TPSA) is 55.1 Å². The van der Waals surface area contributed by atoms with Crippen LogP contribution in [0, 0.1) is 11.3 Å². The molecule has 19 heavy (non-hydrogen) atoms. The zero-order valence-corrected chi connectivity index (χ0v) is 12.0. The van der Waals surface area contributed by atoms with E-state index in [1.54, 1.807) is 16.8 Å². The van der Waals surface area contributed by atoms with Crippen molar-refractivity contribution < 1.29 is 5.11 Å². The van der Waals surface area contributed by atoms with Gasteiger partial charge in [0.25, 0.3) is 0 Å². The molecule has 2 rings (SSSR count). The lowest BCUT2D eigenvalue weighted by atomic mass is 9.66. The third kappa shape index (κ3) is 2.89. The van der Waals surface area contributed by atoms with E-state index >= 15 is 0 Å². The summed E-state index contributed by atoms with van der Waals surface area (Å²) in [5.74, 6) is 0.405. The van der Waals surface area contributed by atoms with E-state index in [1.165, 1.54) is 6.20 Å². The van der Waals surface area contributed by atoms with Crippen molar-refractivity contribution >= 4 is 0 Å². The van der Waals surface area contributed by atoms with Crippen molar-refractivity contribution in [2.24, 2.45) is 11.3 Å². The Morgan fingerprint density at radius 3 is 2.84 bits per heavy atom. The Hall–Kier alpha value is -1.16. The van der Waals surface area contributed by atoms with Gasteiger partial charge in [-0.3, -0.25) is 4.57 Å². The second-order valence-corrected chi connectivity index (χ2v) is 6.29. The van der Waals surface area contributed by atoms with Crippen LogP contribution < -0.4 is 5.69 Å². The van der Waals surface area contributed by atoms with Gasteiger partial charge in [-0.2, -0.15) is 0 Å². The highest BCUT2D eigenvalue weighted by Gasteiger charge is 2.39. The molecule has 1 aromatic heterocycles. The van der Waals surface area contributed by atoms with Gasteiger partial charge in [-0.05, 0) is 36.7 Å². The van der Waals surface area contributed by atoms with Crippen molar-refractivity contribution in [3.8, 4) is 0 Å². The first-order chi connectivity index (χ1) is 8.95. The normalized spacial score (nSPS) is 28.3. The smallest absolute Gasteiger partial charge is 0.347 e. The second kappa shape index (κ2) is 5.45. The number of hydrogen-bond acceptors (Lipinski definition) is 3. The highest BCUT2D eigenvalue weighted by Crippen LogP contribution is 2.45. The van der Waals surface area contributed by atoms with Crippen LogP contribution in [0.15, 0.2) is 23.3 Å². The van der Waals surface area contributed by atoms with Crippen LogP contribution >= 0.6 is 0 Å². The monoisotopic (exact) mass is 264 g/mol. The van der Waals surface area contributed by atoms with Crippen molar-refractivity contribution in [1.29, 1.82) is 0 Å². The fourth-order valence-corrected chi connectivity index (χ4v) is 3.23. The van der Waals surface area contributed by atoms with Gasteiger partial charge in [0.2, 0.25) is 0 Å². The maximum Gasteiger partial charge on any atom is 0.347 e. The quantitative estimate of drug-likeness (QED) is 0.912. The number of nitrogens with zero attached hydrogens (tertiary/aromatic N) is 2. The molecule has 0 bridgehead atoms. The molecule has 106 valence electrons. The highest BCUT2D eigenvalue weighted by atomic mass is 16.3. The average molecular weight is 264 g/mol. The van der Waals surface area contributed by atoms with E-state index in [2.05, 4.69) is 25.8 Å². The van der Waals surface area contributed by atoms with Crippen LogP contribution in [0.4, 0.5) is 0 Å². The molecule has 1 saturated carbocycles. The molecule has 1 heterocycles. The molecule has 3 atom stereocenters. The lowest BCUT2D eigenvalue weighted by molar-refractivity contribution is 0.0199. The van der Waals surface area contributed by atoms with Crippen molar-refractivity contribution in [1.82, 2.24) is 9.55 Å². The van der Waals surface area contributed by atoms with E-state index in [0.29, 0.717) is 12.3 Å². The fourth-order valence-electron chi connectivity index (χ4n) is 3.23. The summed E-state index contributed by atoms with van der Waals surface area (Å²) in [4.78, 5) is 15.8. The molecule has 1 N–H and O–H groups in total. The van der Waals surface area contributed by atoms with Crippen LogP contribution in [0.2, 0.25) is 0 Å². The lowest BCUT2D eigenvalue weighted by Gasteiger charge is -2.44.